The smallest absolute Gasteiger partial charge is 0.338 e. The molecule has 2 heterocycles. The number of nitrogens with zero attached hydrogens (tertiary/aromatic N) is 2. The highest BCUT2D eigenvalue weighted by Gasteiger charge is 2.33. The van der Waals surface area contributed by atoms with Gasteiger partial charge in [-0.05, 0) is 36.8 Å². The Labute approximate surface area is 178 Å². The number of carbonyl (C=O) groups excluding carboxylic acids is 4. The fraction of sp³-hybridized carbons (Fsp3) is 0.273. The van der Waals surface area contributed by atoms with E-state index >= 15 is 0 Å². The summed E-state index contributed by atoms with van der Waals surface area (Å²) >= 11 is 1.72. The molecule has 2 aromatic rings. The number of amides is 3. The zero-order chi connectivity index (χ0) is 21.4. The van der Waals surface area contributed by atoms with Crippen LogP contribution in [0.3, 0.4) is 0 Å². The molecule has 4 rings (SSSR count). The molecule has 2 aliphatic heterocycles. The number of benzene rings is 2. The Hall–Kier alpha value is -3.13. The third-order valence-corrected chi connectivity index (χ3v) is 6.43. The molecule has 1 unspecified atom stereocenters. The lowest BCUT2D eigenvalue weighted by atomic mass is 10.1. The van der Waals surface area contributed by atoms with E-state index in [1.54, 1.807) is 16.7 Å². The number of thioether (sulfide) groups is 1. The van der Waals surface area contributed by atoms with Gasteiger partial charge in [0.05, 0.1) is 22.4 Å². The third-order valence-electron chi connectivity index (χ3n) is 5.20. The minimum absolute atomic E-state index is 0.124. The molecule has 8 heteroatoms. The normalized spacial score (nSPS) is 18.0. The summed E-state index contributed by atoms with van der Waals surface area (Å²) in [4.78, 5) is 53.0. The summed E-state index contributed by atoms with van der Waals surface area (Å²) in [6.07, 6.45) is 0.827. The first-order valence-corrected chi connectivity index (χ1v) is 10.4. The zero-order valence-electron chi connectivity index (χ0n) is 16.6. The highest BCUT2D eigenvalue weighted by Crippen LogP contribution is 2.37. The summed E-state index contributed by atoms with van der Waals surface area (Å²) in [5.74, 6) is -1.89. The van der Waals surface area contributed by atoms with Gasteiger partial charge in [0.2, 0.25) is 0 Å². The average molecular weight is 424 g/mol. The maximum Gasteiger partial charge on any atom is 0.338 e. The number of esters is 1. The Kier molecular flexibility index (Phi) is 5.34. The summed E-state index contributed by atoms with van der Waals surface area (Å²) in [5.41, 5.74) is 1.36. The van der Waals surface area contributed by atoms with Gasteiger partial charge in [-0.1, -0.05) is 19.1 Å². The Morgan fingerprint density at radius 1 is 1.10 bits per heavy atom. The van der Waals surface area contributed by atoms with E-state index in [4.69, 9.17) is 4.74 Å². The van der Waals surface area contributed by atoms with Gasteiger partial charge < -0.3 is 9.64 Å². The van der Waals surface area contributed by atoms with Gasteiger partial charge in [-0.2, -0.15) is 0 Å². The molecule has 0 saturated carbocycles. The number of para-hydroxylation sites is 1. The van der Waals surface area contributed by atoms with Crippen molar-refractivity contribution in [2.24, 2.45) is 0 Å². The van der Waals surface area contributed by atoms with Crippen LogP contribution in [0.15, 0.2) is 47.4 Å². The quantitative estimate of drug-likeness (QED) is 0.556. The number of hydrogen-bond acceptors (Lipinski definition) is 6. The number of rotatable bonds is 3. The molecular formula is C22H20N2O5S. The fourth-order valence-corrected chi connectivity index (χ4v) is 4.64. The Balaban J connectivity index is 1.47. The molecule has 3 amide bonds. The van der Waals surface area contributed by atoms with Gasteiger partial charge in [-0.25, -0.2) is 4.79 Å². The first-order chi connectivity index (χ1) is 14.4. The molecule has 0 bridgehead atoms. The van der Waals surface area contributed by atoms with E-state index in [-0.39, 0.29) is 22.6 Å². The van der Waals surface area contributed by atoms with E-state index in [0.717, 1.165) is 21.9 Å². The minimum Gasteiger partial charge on any atom is -0.452 e. The molecule has 2 aromatic carbocycles. The van der Waals surface area contributed by atoms with Crippen molar-refractivity contribution in [2.75, 3.05) is 25.1 Å². The van der Waals surface area contributed by atoms with Crippen molar-refractivity contribution >= 4 is 41.1 Å². The first-order valence-electron chi connectivity index (χ1n) is 9.56. The SMILES string of the molecule is CC1CCN(C(=O)COC(=O)c2ccc3c(c2)C(=O)N(C)C3=O)c2ccccc2S1. The number of ether oxygens (including phenoxy) is 1. The van der Waals surface area contributed by atoms with Gasteiger partial charge >= 0.3 is 5.97 Å². The number of anilines is 1. The van der Waals surface area contributed by atoms with E-state index < -0.39 is 24.4 Å². The van der Waals surface area contributed by atoms with Crippen LogP contribution in [0, 0.1) is 0 Å². The second-order valence-electron chi connectivity index (χ2n) is 7.24. The first kappa shape index (κ1) is 20.2. The summed E-state index contributed by atoms with van der Waals surface area (Å²) in [7, 11) is 1.39. The average Bonchev–Trinajstić information content (AvgIpc) is 2.88. The molecule has 0 radical (unpaired) electrons. The number of fused-ring (bicyclic) bond motifs is 2. The topological polar surface area (TPSA) is 84.0 Å². The van der Waals surface area contributed by atoms with Gasteiger partial charge in [-0.3, -0.25) is 19.3 Å². The van der Waals surface area contributed by atoms with Crippen molar-refractivity contribution in [3.63, 3.8) is 0 Å². The maximum atomic E-state index is 12.8. The molecule has 7 nitrogen and oxygen atoms in total. The molecule has 0 saturated heterocycles. The highest BCUT2D eigenvalue weighted by molar-refractivity contribution is 8.00. The van der Waals surface area contributed by atoms with Gasteiger partial charge in [0, 0.05) is 23.7 Å². The van der Waals surface area contributed by atoms with Crippen LogP contribution < -0.4 is 4.90 Å². The molecule has 154 valence electrons. The Morgan fingerprint density at radius 2 is 1.83 bits per heavy atom. The summed E-state index contributed by atoms with van der Waals surface area (Å²) in [5, 5.41) is 0.372. The number of hydrogen-bond donors (Lipinski definition) is 0. The molecule has 0 N–H and O–H groups in total. The summed E-state index contributed by atoms with van der Waals surface area (Å²) in [6.45, 7) is 2.26. The predicted octanol–water partition coefficient (Wildman–Crippen LogP) is 2.99. The van der Waals surface area contributed by atoms with Gasteiger partial charge in [0.25, 0.3) is 17.7 Å². The number of carbonyl (C=O) groups is 4. The predicted molar refractivity (Wildman–Crippen MR) is 112 cm³/mol. The van der Waals surface area contributed by atoms with Crippen LogP contribution in [0.1, 0.15) is 44.4 Å². The van der Waals surface area contributed by atoms with Gasteiger partial charge in [0.1, 0.15) is 0 Å². The zero-order valence-corrected chi connectivity index (χ0v) is 17.4. The van der Waals surface area contributed by atoms with Crippen molar-refractivity contribution in [1.82, 2.24) is 4.90 Å². The Morgan fingerprint density at radius 3 is 2.63 bits per heavy atom. The highest BCUT2D eigenvalue weighted by atomic mass is 32.2. The van der Waals surface area contributed by atoms with Crippen molar-refractivity contribution in [1.29, 1.82) is 0 Å². The van der Waals surface area contributed by atoms with Crippen LogP contribution in [-0.2, 0) is 9.53 Å². The Bertz CT molecular complexity index is 1070. The largest absolute Gasteiger partial charge is 0.452 e. The standard InChI is InChI=1S/C22H20N2O5S/c1-13-9-10-24(17-5-3-4-6-18(17)30-13)19(25)12-29-22(28)14-7-8-15-16(11-14)21(27)23(2)20(15)26/h3-8,11,13H,9-10,12H2,1-2H3. The maximum absolute atomic E-state index is 12.8. The van der Waals surface area contributed by atoms with Crippen LogP contribution in [-0.4, -0.2) is 54.0 Å². The van der Waals surface area contributed by atoms with Crippen molar-refractivity contribution in [3.8, 4) is 0 Å². The lowest BCUT2D eigenvalue weighted by Crippen LogP contribution is -2.35. The minimum atomic E-state index is -0.716. The fourth-order valence-electron chi connectivity index (χ4n) is 3.52. The van der Waals surface area contributed by atoms with Crippen molar-refractivity contribution < 1.29 is 23.9 Å². The lowest BCUT2D eigenvalue weighted by molar-refractivity contribution is -0.121. The monoisotopic (exact) mass is 424 g/mol. The van der Waals surface area contributed by atoms with E-state index in [2.05, 4.69) is 6.92 Å². The van der Waals surface area contributed by atoms with Crippen LogP contribution in [0.5, 0.6) is 0 Å². The molecule has 0 spiro atoms. The second kappa shape index (κ2) is 7.95. The molecule has 2 aliphatic rings. The van der Waals surface area contributed by atoms with Crippen LogP contribution in [0.25, 0.3) is 0 Å². The van der Waals surface area contributed by atoms with E-state index in [9.17, 15) is 19.2 Å². The molecular weight excluding hydrogens is 404 g/mol. The summed E-state index contributed by atoms with van der Waals surface area (Å²) in [6, 6.07) is 11.9. The molecule has 1 atom stereocenters. The van der Waals surface area contributed by atoms with Crippen molar-refractivity contribution in [3.05, 3.63) is 59.2 Å². The molecule has 0 aliphatic carbocycles. The van der Waals surface area contributed by atoms with Gasteiger partial charge in [-0.15, -0.1) is 11.8 Å². The van der Waals surface area contributed by atoms with E-state index in [0.29, 0.717) is 11.8 Å². The molecule has 0 fully saturated rings. The third kappa shape index (κ3) is 3.59. The summed E-state index contributed by atoms with van der Waals surface area (Å²) < 4.78 is 5.23. The van der Waals surface area contributed by atoms with Crippen LogP contribution in [0.2, 0.25) is 0 Å². The van der Waals surface area contributed by atoms with Crippen molar-refractivity contribution in [2.45, 2.75) is 23.5 Å². The lowest BCUT2D eigenvalue weighted by Gasteiger charge is -2.22. The van der Waals surface area contributed by atoms with Crippen LogP contribution in [0.4, 0.5) is 5.69 Å². The molecule has 0 aromatic heterocycles. The second-order valence-corrected chi connectivity index (χ2v) is 8.72. The van der Waals surface area contributed by atoms with E-state index in [1.165, 1.54) is 25.2 Å². The van der Waals surface area contributed by atoms with E-state index in [1.807, 2.05) is 24.3 Å². The molecule has 30 heavy (non-hydrogen) atoms. The van der Waals surface area contributed by atoms with Crippen LogP contribution >= 0.6 is 11.8 Å². The van der Waals surface area contributed by atoms with Gasteiger partial charge in [0.15, 0.2) is 6.61 Å². The number of imide groups is 1.